The Labute approximate surface area is 122 Å². The molecule has 1 aliphatic heterocycles. The molecule has 1 aromatic rings. The predicted octanol–water partition coefficient (Wildman–Crippen LogP) is 4.88. The first-order chi connectivity index (χ1) is 8.99. The largest absolute Gasteiger partial charge is 0.367 e. The number of anilines is 1. The second kappa shape index (κ2) is 5.78. The number of hydrogen-bond acceptors (Lipinski definition) is 1. The second-order valence-electron chi connectivity index (χ2n) is 5.69. The van der Waals surface area contributed by atoms with E-state index in [4.69, 9.17) is 0 Å². The lowest BCUT2D eigenvalue weighted by molar-refractivity contribution is 0.237. The number of benzene rings is 1. The van der Waals surface area contributed by atoms with Gasteiger partial charge in [0, 0.05) is 18.4 Å². The lowest BCUT2D eigenvalue weighted by Gasteiger charge is -2.40. The average Bonchev–Trinajstić information content (AvgIpc) is 2.40. The van der Waals surface area contributed by atoms with Gasteiger partial charge in [0.25, 0.3) is 0 Å². The van der Waals surface area contributed by atoms with Crippen molar-refractivity contribution in [2.24, 2.45) is 5.41 Å². The van der Waals surface area contributed by atoms with E-state index >= 15 is 0 Å². The van der Waals surface area contributed by atoms with Crippen molar-refractivity contribution in [3.8, 4) is 0 Å². The first kappa shape index (κ1) is 14.8. The summed E-state index contributed by atoms with van der Waals surface area (Å²) in [6, 6.07) is 2.83. The van der Waals surface area contributed by atoms with Crippen molar-refractivity contribution in [1.82, 2.24) is 0 Å². The summed E-state index contributed by atoms with van der Waals surface area (Å²) in [6.07, 6.45) is 3.10. The summed E-state index contributed by atoms with van der Waals surface area (Å²) in [5.41, 5.74) is 1.09. The summed E-state index contributed by atoms with van der Waals surface area (Å²) in [7, 11) is 0. The van der Waals surface area contributed by atoms with Gasteiger partial charge in [-0.25, -0.2) is 8.78 Å². The van der Waals surface area contributed by atoms with E-state index < -0.39 is 11.6 Å². The van der Waals surface area contributed by atoms with Gasteiger partial charge in [0.2, 0.25) is 0 Å². The van der Waals surface area contributed by atoms with Crippen LogP contribution in [0.25, 0.3) is 0 Å². The van der Waals surface area contributed by atoms with Crippen LogP contribution in [0.2, 0.25) is 0 Å². The fourth-order valence-electron chi connectivity index (χ4n) is 2.62. The molecule has 106 valence electrons. The minimum Gasteiger partial charge on any atom is -0.367 e. The molecule has 0 radical (unpaired) electrons. The van der Waals surface area contributed by atoms with E-state index in [1.54, 1.807) is 0 Å². The van der Waals surface area contributed by atoms with Gasteiger partial charge in [0.1, 0.15) is 17.3 Å². The third-order valence-corrected chi connectivity index (χ3v) is 5.02. The molecule has 0 aromatic heterocycles. The van der Waals surface area contributed by atoms with Crippen molar-refractivity contribution >= 4 is 21.6 Å². The van der Waals surface area contributed by atoms with Crippen LogP contribution in [0.4, 0.5) is 14.5 Å². The third-order valence-electron chi connectivity index (χ3n) is 4.37. The van der Waals surface area contributed by atoms with Crippen molar-refractivity contribution < 1.29 is 8.78 Å². The van der Waals surface area contributed by atoms with E-state index in [0.717, 1.165) is 32.4 Å². The summed E-state index contributed by atoms with van der Waals surface area (Å²) < 4.78 is 28.1. The summed E-state index contributed by atoms with van der Waals surface area (Å²) in [5, 5.41) is 0.467. The van der Waals surface area contributed by atoms with Crippen LogP contribution >= 0.6 is 15.9 Å². The van der Waals surface area contributed by atoms with Crippen molar-refractivity contribution in [2.45, 2.75) is 38.4 Å². The Balaban J connectivity index is 2.20. The summed E-state index contributed by atoms with van der Waals surface area (Å²) in [6.45, 7) is 5.89. The number of alkyl halides is 1. The Kier molecular flexibility index (Phi) is 4.49. The van der Waals surface area contributed by atoms with E-state index in [-0.39, 0.29) is 5.69 Å². The molecule has 0 bridgehead atoms. The van der Waals surface area contributed by atoms with Crippen LogP contribution in [0.15, 0.2) is 12.1 Å². The van der Waals surface area contributed by atoms with E-state index in [1.165, 1.54) is 12.1 Å². The monoisotopic (exact) mass is 331 g/mol. The molecule has 1 nitrogen and oxygen atoms in total. The Morgan fingerprint density at radius 1 is 1.21 bits per heavy atom. The van der Waals surface area contributed by atoms with Crippen LogP contribution in [-0.2, 0) is 5.33 Å². The molecule has 1 fully saturated rings. The molecule has 19 heavy (non-hydrogen) atoms. The predicted molar refractivity (Wildman–Crippen MR) is 78.8 cm³/mol. The highest BCUT2D eigenvalue weighted by molar-refractivity contribution is 9.08. The van der Waals surface area contributed by atoms with Gasteiger partial charge in [-0.15, -0.1) is 0 Å². The fourth-order valence-corrected chi connectivity index (χ4v) is 2.94. The van der Waals surface area contributed by atoms with Crippen LogP contribution in [0.1, 0.15) is 38.7 Å². The van der Waals surface area contributed by atoms with Gasteiger partial charge in [-0.1, -0.05) is 36.2 Å². The average molecular weight is 332 g/mol. The van der Waals surface area contributed by atoms with Gasteiger partial charge in [-0.2, -0.15) is 0 Å². The van der Waals surface area contributed by atoms with Gasteiger partial charge < -0.3 is 4.90 Å². The topological polar surface area (TPSA) is 3.24 Å². The van der Waals surface area contributed by atoms with Crippen molar-refractivity contribution in [1.29, 1.82) is 0 Å². The van der Waals surface area contributed by atoms with Crippen LogP contribution in [-0.4, -0.2) is 13.1 Å². The van der Waals surface area contributed by atoms with Gasteiger partial charge in [0.15, 0.2) is 0 Å². The molecule has 0 N–H and O–H groups in total. The molecule has 1 aliphatic rings. The van der Waals surface area contributed by atoms with Crippen LogP contribution in [0.3, 0.4) is 0 Å². The van der Waals surface area contributed by atoms with Gasteiger partial charge in [-0.3, -0.25) is 0 Å². The Bertz CT molecular complexity index is 430. The molecule has 1 heterocycles. The first-order valence-corrected chi connectivity index (χ1v) is 7.90. The zero-order valence-corrected chi connectivity index (χ0v) is 13.1. The number of piperidine rings is 1. The Morgan fingerprint density at radius 2 is 1.74 bits per heavy atom. The normalized spacial score (nSPS) is 18.7. The molecule has 0 atom stereocenters. The summed E-state index contributed by atoms with van der Waals surface area (Å²) >= 11 is 3.22. The zero-order valence-electron chi connectivity index (χ0n) is 11.5. The third kappa shape index (κ3) is 3.10. The lowest BCUT2D eigenvalue weighted by atomic mass is 9.78. The van der Waals surface area contributed by atoms with Gasteiger partial charge in [-0.05, 0) is 36.0 Å². The van der Waals surface area contributed by atoms with Gasteiger partial charge >= 0.3 is 0 Å². The number of rotatable bonds is 3. The number of halogens is 3. The molecule has 2 rings (SSSR count). The molecule has 0 saturated carbocycles. The SMILES string of the molecule is CCC1(C)CCN(c2c(F)cc(CBr)cc2F)CC1. The van der Waals surface area contributed by atoms with Crippen molar-refractivity contribution in [2.75, 3.05) is 18.0 Å². The Morgan fingerprint density at radius 3 is 2.16 bits per heavy atom. The molecule has 0 unspecified atom stereocenters. The smallest absolute Gasteiger partial charge is 0.149 e. The molecule has 1 saturated heterocycles. The van der Waals surface area contributed by atoms with Crippen molar-refractivity contribution in [3.05, 3.63) is 29.3 Å². The lowest BCUT2D eigenvalue weighted by Crippen LogP contribution is -2.39. The second-order valence-corrected chi connectivity index (χ2v) is 6.25. The molecular formula is C15H20BrF2N. The van der Waals surface area contributed by atoms with E-state index in [2.05, 4.69) is 29.8 Å². The molecule has 4 heteroatoms. The molecule has 0 aliphatic carbocycles. The van der Waals surface area contributed by atoms with E-state index in [1.807, 2.05) is 4.90 Å². The fraction of sp³-hybridized carbons (Fsp3) is 0.600. The zero-order chi connectivity index (χ0) is 14.0. The summed E-state index contributed by atoms with van der Waals surface area (Å²) in [5.74, 6) is -0.899. The first-order valence-electron chi connectivity index (χ1n) is 6.78. The molecule has 0 amide bonds. The highest BCUT2D eigenvalue weighted by atomic mass is 79.9. The number of nitrogens with zero attached hydrogens (tertiary/aromatic N) is 1. The highest BCUT2D eigenvalue weighted by Crippen LogP contribution is 2.37. The maximum absolute atomic E-state index is 14.1. The van der Waals surface area contributed by atoms with E-state index in [0.29, 0.717) is 16.3 Å². The quantitative estimate of drug-likeness (QED) is 0.714. The van der Waals surface area contributed by atoms with E-state index in [9.17, 15) is 8.78 Å². The molecule has 1 aromatic carbocycles. The minimum atomic E-state index is -0.449. The highest BCUT2D eigenvalue weighted by Gasteiger charge is 2.30. The maximum atomic E-state index is 14.1. The van der Waals surface area contributed by atoms with Crippen LogP contribution < -0.4 is 4.90 Å². The maximum Gasteiger partial charge on any atom is 0.149 e. The van der Waals surface area contributed by atoms with Crippen LogP contribution in [0.5, 0.6) is 0 Å². The van der Waals surface area contributed by atoms with Crippen LogP contribution in [0, 0.1) is 17.0 Å². The minimum absolute atomic E-state index is 0.142. The van der Waals surface area contributed by atoms with Crippen molar-refractivity contribution in [3.63, 3.8) is 0 Å². The Hall–Kier alpha value is -0.640. The van der Waals surface area contributed by atoms with Gasteiger partial charge in [0.05, 0.1) is 0 Å². The summed E-state index contributed by atoms with van der Waals surface area (Å²) in [4.78, 5) is 1.85. The molecular weight excluding hydrogens is 312 g/mol. The molecule has 0 spiro atoms. The number of hydrogen-bond donors (Lipinski definition) is 0. The standard InChI is InChI=1S/C15H20BrF2N/c1-3-15(2)4-6-19(7-5-15)14-12(17)8-11(10-16)9-13(14)18/h8-9H,3-7,10H2,1-2H3.